The van der Waals surface area contributed by atoms with E-state index in [1.807, 2.05) is 6.92 Å². The smallest absolute Gasteiger partial charge is 0.161 e. The summed E-state index contributed by atoms with van der Waals surface area (Å²) in [5.74, 6) is 0.797. The Kier molecular flexibility index (Phi) is 3.72. The Morgan fingerprint density at radius 3 is 2.35 bits per heavy atom. The number of hydrogen-bond acceptors (Lipinski definition) is 4. The summed E-state index contributed by atoms with van der Waals surface area (Å²) in [6.07, 6.45) is 5.49. The second-order valence-corrected chi connectivity index (χ2v) is 10.5. The van der Waals surface area contributed by atoms with Gasteiger partial charge in [0.05, 0.1) is 0 Å². The molecular weight excluding hydrogens is 328 g/mol. The van der Waals surface area contributed by atoms with Crippen LogP contribution in [0.3, 0.4) is 0 Å². The summed E-state index contributed by atoms with van der Waals surface area (Å²) < 4.78 is 0. The zero-order chi connectivity index (χ0) is 19.1. The SMILES string of the molecule is CC(=O)[C@@]1(O)CC[C@H]2[C@H]3CC[C@@]4(C)CC(=O)CC[C@]4(C)[C@@H]3C(=O)C[C@]21C. The average Bonchev–Trinajstić information content (AvgIpc) is 2.81. The fourth-order valence-electron chi connectivity index (χ4n) is 7.77. The Bertz CT molecular complexity index is 698. The van der Waals surface area contributed by atoms with Gasteiger partial charge in [-0.2, -0.15) is 0 Å². The number of rotatable bonds is 1. The third-order valence-corrected chi connectivity index (χ3v) is 9.60. The molecule has 0 saturated heterocycles. The maximum absolute atomic E-state index is 13.5. The lowest BCUT2D eigenvalue weighted by Gasteiger charge is -2.63. The van der Waals surface area contributed by atoms with Crippen molar-refractivity contribution in [3.63, 3.8) is 0 Å². The average molecular weight is 360 g/mol. The molecule has 0 aromatic carbocycles. The summed E-state index contributed by atoms with van der Waals surface area (Å²) in [5.41, 5.74) is -2.23. The van der Waals surface area contributed by atoms with Gasteiger partial charge in [-0.05, 0) is 61.7 Å². The molecule has 4 nitrogen and oxygen atoms in total. The molecule has 26 heavy (non-hydrogen) atoms. The predicted molar refractivity (Wildman–Crippen MR) is 97.4 cm³/mol. The zero-order valence-corrected chi connectivity index (χ0v) is 16.6. The van der Waals surface area contributed by atoms with Crippen molar-refractivity contribution in [2.24, 2.45) is 34.0 Å². The minimum Gasteiger partial charge on any atom is -0.381 e. The van der Waals surface area contributed by atoms with Crippen LogP contribution in [-0.2, 0) is 14.4 Å². The topological polar surface area (TPSA) is 71.4 Å². The summed E-state index contributed by atoms with van der Waals surface area (Å²) >= 11 is 0. The van der Waals surface area contributed by atoms with Gasteiger partial charge in [-0.25, -0.2) is 0 Å². The normalized spacial score (nSPS) is 53.7. The van der Waals surface area contributed by atoms with Crippen molar-refractivity contribution in [2.45, 2.75) is 84.7 Å². The van der Waals surface area contributed by atoms with Crippen LogP contribution in [0.4, 0.5) is 0 Å². The Labute approximate surface area is 156 Å². The van der Waals surface area contributed by atoms with E-state index in [9.17, 15) is 19.5 Å². The molecule has 0 aromatic rings. The van der Waals surface area contributed by atoms with Gasteiger partial charge in [0, 0.05) is 30.6 Å². The lowest BCUT2D eigenvalue weighted by Crippen LogP contribution is -2.63. The van der Waals surface area contributed by atoms with Crippen molar-refractivity contribution in [1.29, 1.82) is 0 Å². The lowest BCUT2D eigenvalue weighted by molar-refractivity contribution is -0.187. The summed E-state index contributed by atoms with van der Waals surface area (Å²) in [7, 11) is 0. The minimum absolute atomic E-state index is 0.0262. The molecule has 4 aliphatic carbocycles. The van der Waals surface area contributed by atoms with E-state index in [-0.39, 0.29) is 40.2 Å². The highest BCUT2D eigenvalue weighted by Gasteiger charge is 2.70. The van der Waals surface area contributed by atoms with Gasteiger partial charge in [-0.3, -0.25) is 14.4 Å². The number of carbonyl (C=O) groups is 3. The summed E-state index contributed by atoms with van der Waals surface area (Å²) in [6.45, 7) is 7.89. The minimum atomic E-state index is -1.36. The zero-order valence-electron chi connectivity index (χ0n) is 16.6. The molecule has 4 heteroatoms. The van der Waals surface area contributed by atoms with Crippen molar-refractivity contribution in [3.05, 3.63) is 0 Å². The third-order valence-electron chi connectivity index (χ3n) is 9.60. The van der Waals surface area contributed by atoms with Crippen molar-refractivity contribution in [3.8, 4) is 0 Å². The first-order valence-electron chi connectivity index (χ1n) is 10.3. The van der Waals surface area contributed by atoms with Crippen LogP contribution in [0.25, 0.3) is 0 Å². The van der Waals surface area contributed by atoms with Crippen LogP contribution in [0.5, 0.6) is 0 Å². The number of fused-ring (bicyclic) bond motifs is 5. The molecule has 0 amide bonds. The van der Waals surface area contributed by atoms with Gasteiger partial charge >= 0.3 is 0 Å². The Morgan fingerprint density at radius 1 is 1.00 bits per heavy atom. The maximum Gasteiger partial charge on any atom is 0.161 e. The van der Waals surface area contributed by atoms with Gasteiger partial charge in [0.25, 0.3) is 0 Å². The molecule has 4 rings (SSSR count). The molecule has 144 valence electrons. The van der Waals surface area contributed by atoms with Crippen molar-refractivity contribution < 1.29 is 19.5 Å². The van der Waals surface area contributed by atoms with Gasteiger partial charge in [0.15, 0.2) is 5.78 Å². The van der Waals surface area contributed by atoms with Crippen molar-refractivity contribution >= 4 is 17.3 Å². The van der Waals surface area contributed by atoms with E-state index in [1.54, 1.807) is 0 Å². The Hall–Kier alpha value is -1.03. The molecule has 0 aliphatic heterocycles. The third kappa shape index (κ3) is 1.97. The van der Waals surface area contributed by atoms with Crippen LogP contribution < -0.4 is 0 Å². The highest BCUT2D eigenvalue weighted by Crippen LogP contribution is 2.70. The molecule has 4 aliphatic rings. The molecule has 0 heterocycles. The van der Waals surface area contributed by atoms with E-state index in [1.165, 1.54) is 6.92 Å². The first-order valence-corrected chi connectivity index (χ1v) is 10.3. The number of aliphatic hydroxyl groups is 1. The van der Waals surface area contributed by atoms with Crippen LogP contribution in [0.15, 0.2) is 0 Å². The molecule has 0 radical (unpaired) electrons. The van der Waals surface area contributed by atoms with E-state index in [0.717, 1.165) is 25.7 Å². The van der Waals surface area contributed by atoms with E-state index >= 15 is 0 Å². The van der Waals surface area contributed by atoms with Gasteiger partial charge in [0.1, 0.15) is 17.2 Å². The predicted octanol–water partition coefficient (Wildman–Crippen LogP) is 3.49. The Morgan fingerprint density at radius 2 is 1.69 bits per heavy atom. The fourth-order valence-corrected chi connectivity index (χ4v) is 7.77. The van der Waals surface area contributed by atoms with Crippen LogP contribution in [0.1, 0.15) is 79.1 Å². The molecular formula is C22H32O4. The van der Waals surface area contributed by atoms with Crippen molar-refractivity contribution in [2.75, 3.05) is 0 Å². The first kappa shape index (κ1) is 18.3. The molecule has 0 bridgehead atoms. The van der Waals surface area contributed by atoms with Crippen LogP contribution in [0.2, 0.25) is 0 Å². The van der Waals surface area contributed by atoms with Gasteiger partial charge in [-0.1, -0.05) is 20.8 Å². The molecule has 0 spiro atoms. The molecule has 1 N–H and O–H groups in total. The molecule has 0 aromatic heterocycles. The first-order chi connectivity index (χ1) is 12.0. The van der Waals surface area contributed by atoms with Crippen LogP contribution >= 0.6 is 0 Å². The van der Waals surface area contributed by atoms with Gasteiger partial charge in [-0.15, -0.1) is 0 Å². The number of hydrogen-bond donors (Lipinski definition) is 1. The summed E-state index contributed by atoms with van der Waals surface area (Å²) in [4.78, 5) is 37.9. The highest BCUT2D eigenvalue weighted by molar-refractivity contribution is 5.91. The van der Waals surface area contributed by atoms with Gasteiger partial charge < -0.3 is 5.11 Å². The Balaban J connectivity index is 1.76. The largest absolute Gasteiger partial charge is 0.381 e. The van der Waals surface area contributed by atoms with E-state index in [2.05, 4.69) is 13.8 Å². The van der Waals surface area contributed by atoms with Crippen LogP contribution in [0, 0.1) is 34.0 Å². The molecule has 4 fully saturated rings. The van der Waals surface area contributed by atoms with E-state index < -0.39 is 11.0 Å². The highest BCUT2D eigenvalue weighted by atomic mass is 16.3. The summed E-state index contributed by atoms with van der Waals surface area (Å²) in [5, 5.41) is 11.2. The molecule has 7 atom stereocenters. The van der Waals surface area contributed by atoms with E-state index in [0.29, 0.717) is 31.5 Å². The number of ketones is 3. The van der Waals surface area contributed by atoms with E-state index in [4.69, 9.17) is 0 Å². The number of carbonyl (C=O) groups excluding carboxylic acids is 3. The standard InChI is InChI=1S/C22H32O4/c1-13(23)22(26)10-7-16-15-6-8-19(2)11-14(24)5-9-20(19,3)18(15)17(25)12-21(16,22)4/h15-16,18,26H,5-12H2,1-4H3/t15-,16+,18+,19+,20-,21-,22+/m1/s1. The molecule has 4 saturated carbocycles. The van der Waals surface area contributed by atoms with Crippen LogP contribution in [-0.4, -0.2) is 28.1 Å². The van der Waals surface area contributed by atoms with Crippen molar-refractivity contribution in [1.82, 2.24) is 0 Å². The quantitative estimate of drug-likeness (QED) is 0.777. The lowest BCUT2D eigenvalue weighted by atomic mass is 9.40. The second-order valence-electron chi connectivity index (χ2n) is 10.5. The second kappa shape index (κ2) is 5.27. The summed E-state index contributed by atoms with van der Waals surface area (Å²) in [6, 6.07) is 0. The van der Waals surface area contributed by atoms with Gasteiger partial charge in [0.2, 0.25) is 0 Å². The number of Topliss-reactive ketones (excluding diaryl/α,β-unsaturated/α-hetero) is 3. The molecule has 0 unspecified atom stereocenters. The monoisotopic (exact) mass is 360 g/mol. The maximum atomic E-state index is 13.5. The fraction of sp³-hybridized carbons (Fsp3) is 0.864.